The van der Waals surface area contributed by atoms with Crippen molar-refractivity contribution in [2.45, 2.75) is 32.6 Å². The van der Waals surface area contributed by atoms with Crippen molar-refractivity contribution in [1.29, 1.82) is 0 Å². The maximum atomic E-state index is 9.75. The number of rotatable bonds is 4. The van der Waals surface area contributed by atoms with Crippen LogP contribution in [-0.2, 0) is 10.2 Å². The summed E-state index contributed by atoms with van der Waals surface area (Å²) in [6, 6.07) is 19.6. The predicted molar refractivity (Wildman–Crippen MR) is 82.9 cm³/mol. The Labute approximate surface area is 121 Å². The maximum Gasteiger partial charge on any atom is 0.298 e. The van der Waals surface area contributed by atoms with Crippen molar-refractivity contribution in [2.75, 3.05) is 0 Å². The SMILES string of the molecule is CCC(C)(C)c1ccccc1.O=COc1ccccc1. The van der Waals surface area contributed by atoms with Crippen LogP contribution >= 0.6 is 0 Å². The van der Waals surface area contributed by atoms with Gasteiger partial charge in [0.2, 0.25) is 0 Å². The smallest absolute Gasteiger partial charge is 0.298 e. The molecule has 0 atom stereocenters. The summed E-state index contributed by atoms with van der Waals surface area (Å²) in [6.07, 6.45) is 1.19. The number of hydrogen-bond donors (Lipinski definition) is 0. The second kappa shape index (κ2) is 8.16. The molecular formula is C18H22O2. The summed E-state index contributed by atoms with van der Waals surface area (Å²) in [5.74, 6) is 0.576. The summed E-state index contributed by atoms with van der Waals surface area (Å²) >= 11 is 0. The van der Waals surface area contributed by atoms with E-state index in [1.165, 1.54) is 12.0 Å². The summed E-state index contributed by atoms with van der Waals surface area (Å²) in [7, 11) is 0. The highest BCUT2D eigenvalue weighted by Crippen LogP contribution is 2.25. The normalized spacial score (nSPS) is 10.2. The molecule has 0 N–H and O–H groups in total. The highest BCUT2D eigenvalue weighted by molar-refractivity contribution is 5.44. The molecule has 0 bridgehead atoms. The Bertz CT molecular complexity index is 489. The molecule has 0 saturated heterocycles. The fourth-order valence-corrected chi connectivity index (χ4v) is 1.65. The second-order valence-electron chi connectivity index (χ2n) is 5.13. The van der Waals surface area contributed by atoms with Crippen LogP contribution in [0.3, 0.4) is 0 Å². The Morgan fingerprint density at radius 1 is 0.950 bits per heavy atom. The largest absolute Gasteiger partial charge is 0.429 e. The Balaban J connectivity index is 0.000000204. The van der Waals surface area contributed by atoms with E-state index in [0.29, 0.717) is 17.6 Å². The number of para-hydroxylation sites is 1. The quantitative estimate of drug-likeness (QED) is 0.759. The van der Waals surface area contributed by atoms with Crippen molar-refractivity contribution in [2.24, 2.45) is 0 Å². The molecule has 0 fully saturated rings. The van der Waals surface area contributed by atoms with Crippen LogP contribution in [0.1, 0.15) is 32.8 Å². The van der Waals surface area contributed by atoms with E-state index in [1.54, 1.807) is 24.3 Å². The summed E-state index contributed by atoms with van der Waals surface area (Å²) in [5, 5.41) is 0. The van der Waals surface area contributed by atoms with Gasteiger partial charge < -0.3 is 4.74 Å². The van der Waals surface area contributed by atoms with Crippen LogP contribution in [0, 0.1) is 0 Å². The number of carbonyl (C=O) groups excluding carboxylic acids is 1. The van der Waals surface area contributed by atoms with Gasteiger partial charge in [-0.25, -0.2) is 0 Å². The van der Waals surface area contributed by atoms with Crippen LogP contribution in [0.5, 0.6) is 5.75 Å². The van der Waals surface area contributed by atoms with E-state index in [0.717, 1.165) is 0 Å². The van der Waals surface area contributed by atoms with Gasteiger partial charge in [0, 0.05) is 0 Å². The Kier molecular flexibility index (Phi) is 6.51. The van der Waals surface area contributed by atoms with Gasteiger partial charge in [-0.05, 0) is 29.5 Å². The Morgan fingerprint density at radius 2 is 1.45 bits per heavy atom. The molecule has 2 rings (SSSR count). The standard InChI is InChI=1S/C11H16.C7H6O2/c1-4-11(2,3)10-8-6-5-7-9-10;8-6-9-7-4-2-1-3-5-7/h5-9H,4H2,1-3H3;1-6H. The fourth-order valence-electron chi connectivity index (χ4n) is 1.65. The number of carbonyl (C=O) groups is 1. The molecule has 0 heterocycles. The first-order valence-electron chi connectivity index (χ1n) is 6.81. The van der Waals surface area contributed by atoms with Crippen molar-refractivity contribution in [3.05, 3.63) is 66.2 Å². The first-order chi connectivity index (χ1) is 9.60. The topological polar surface area (TPSA) is 26.3 Å². The van der Waals surface area contributed by atoms with Gasteiger partial charge in [0.25, 0.3) is 6.47 Å². The lowest BCUT2D eigenvalue weighted by atomic mass is 9.82. The van der Waals surface area contributed by atoms with E-state index < -0.39 is 0 Å². The minimum absolute atomic E-state index is 0.335. The molecule has 0 amide bonds. The molecule has 0 spiro atoms. The zero-order valence-electron chi connectivity index (χ0n) is 12.4. The molecule has 2 aromatic rings. The van der Waals surface area contributed by atoms with E-state index in [4.69, 9.17) is 0 Å². The van der Waals surface area contributed by atoms with Crippen molar-refractivity contribution >= 4 is 6.47 Å². The molecule has 0 saturated carbocycles. The van der Waals surface area contributed by atoms with Gasteiger partial charge in [0.05, 0.1) is 0 Å². The van der Waals surface area contributed by atoms with Gasteiger partial charge in [-0.15, -0.1) is 0 Å². The zero-order chi connectivity index (χ0) is 14.8. The highest BCUT2D eigenvalue weighted by atomic mass is 16.5. The van der Waals surface area contributed by atoms with Gasteiger partial charge in [0.15, 0.2) is 0 Å². The number of benzene rings is 2. The fraction of sp³-hybridized carbons (Fsp3) is 0.278. The summed E-state index contributed by atoms with van der Waals surface area (Å²) in [6.45, 7) is 7.20. The van der Waals surface area contributed by atoms with Crippen LogP contribution in [-0.4, -0.2) is 6.47 Å². The predicted octanol–water partition coefficient (Wildman–Crippen LogP) is 4.60. The van der Waals surface area contributed by atoms with E-state index >= 15 is 0 Å². The molecule has 2 heteroatoms. The molecule has 106 valence electrons. The average Bonchev–Trinajstić information content (AvgIpc) is 2.50. The second-order valence-corrected chi connectivity index (χ2v) is 5.13. The molecule has 2 aromatic carbocycles. The minimum atomic E-state index is 0.335. The van der Waals surface area contributed by atoms with E-state index in [9.17, 15) is 4.79 Å². The van der Waals surface area contributed by atoms with Gasteiger partial charge in [0.1, 0.15) is 5.75 Å². The lowest BCUT2D eigenvalue weighted by molar-refractivity contribution is -0.120. The maximum absolute atomic E-state index is 9.75. The van der Waals surface area contributed by atoms with Crippen molar-refractivity contribution in [1.82, 2.24) is 0 Å². The van der Waals surface area contributed by atoms with Crippen molar-refractivity contribution < 1.29 is 9.53 Å². The van der Waals surface area contributed by atoms with Gasteiger partial charge in [-0.1, -0.05) is 69.3 Å². The van der Waals surface area contributed by atoms with E-state index in [1.807, 2.05) is 6.07 Å². The lowest BCUT2D eigenvalue weighted by Gasteiger charge is -2.22. The van der Waals surface area contributed by atoms with Gasteiger partial charge in [-0.3, -0.25) is 4.79 Å². The van der Waals surface area contributed by atoms with Crippen molar-refractivity contribution in [3.63, 3.8) is 0 Å². The molecule has 20 heavy (non-hydrogen) atoms. The van der Waals surface area contributed by atoms with Crippen LogP contribution in [0.15, 0.2) is 60.7 Å². The van der Waals surface area contributed by atoms with Crippen LogP contribution in [0.25, 0.3) is 0 Å². The summed E-state index contributed by atoms with van der Waals surface area (Å²) in [4.78, 5) is 9.75. The first kappa shape index (κ1) is 16.0. The molecular weight excluding hydrogens is 248 g/mol. The lowest BCUT2D eigenvalue weighted by Crippen LogP contribution is -2.14. The number of hydrogen-bond acceptors (Lipinski definition) is 2. The molecule has 0 aliphatic heterocycles. The van der Waals surface area contributed by atoms with Crippen LogP contribution in [0.2, 0.25) is 0 Å². The monoisotopic (exact) mass is 270 g/mol. The van der Waals surface area contributed by atoms with Gasteiger partial charge in [-0.2, -0.15) is 0 Å². The Morgan fingerprint density at radius 3 is 1.90 bits per heavy atom. The molecule has 0 aliphatic carbocycles. The minimum Gasteiger partial charge on any atom is -0.429 e. The third kappa shape index (κ3) is 5.27. The summed E-state index contributed by atoms with van der Waals surface area (Å²) < 4.78 is 4.53. The zero-order valence-corrected chi connectivity index (χ0v) is 12.4. The van der Waals surface area contributed by atoms with Crippen LogP contribution < -0.4 is 4.74 Å². The van der Waals surface area contributed by atoms with Crippen LogP contribution in [0.4, 0.5) is 0 Å². The number of ether oxygens (including phenoxy) is 1. The molecule has 0 aliphatic rings. The van der Waals surface area contributed by atoms with E-state index in [2.05, 4.69) is 55.8 Å². The third-order valence-corrected chi connectivity index (χ3v) is 3.37. The first-order valence-corrected chi connectivity index (χ1v) is 6.81. The third-order valence-electron chi connectivity index (χ3n) is 3.37. The highest BCUT2D eigenvalue weighted by Gasteiger charge is 2.16. The van der Waals surface area contributed by atoms with Crippen molar-refractivity contribution in [3.8, 4) is 5.75 Å². The van der Waals surface area contributed by atoms with Gasteiger partial charge >= 0.3 is 0 Å². The molecule has 0 radical (unpaired) electrons. The molecule has 2 nitrogen and oxygen atoms in total. The summed E-state index contributed by atoms with van der Waals surface area (Å²) in [5.41, 5.74) is 1.77. The Hall–Kier alpha value is -2.09. The average molecular weight is 270 g/mol. The molecule has 0 unspecified atom stereocenters. The molecule has 0 aromatic heterocycles. The van der Waals surface area contributed by atoms with E-state index in [-0.39, 0.29) is 0 Å².